The van der Waals surface area contributed by atoms with Crippen LogP contribution in [0.25, 0.3) is 0 Å². The van der Waals surface area contributed by atoms with Gasteiger partial charge in [-0.2, -0.15) is 0 Å². The first kappa shape index (κ1) is 15.3. The van der Waals surface area contributed by atoms with Crippen LogP contribution in [0.4, 0.5) is 5.69 Å². The van der Waals surface area contributed by atoms with Gasteiger partial charge in [-0.15, -0.1) is 0 Å². The molecule has 22 heavy (non-hydrogen) atoms. The Bertz CT molecular complexity index is 524. The third-order valence-electron chi connectivity index (χ3n) is 5.44. The van der Waals surface area contributed by atoms with Gasteiger partial charge in [-0.3, -0.25) is 4.79 Å². The van der Waals surface area contributed by atoms with Crippen LogP contribution >= 0.6 is 0 Å². The molecule has 2 N–H and O–H groups in total. The molecule has 0 spiro atoms. The number of carbonyl (C=O) groups excluding carboxylic acids is 1. The number of fused-ring (bicyclic) bond motifs is 1. The van der Waals surface area contributed by atoms with E-state index in [1.165, 1.54) is 12.1 Å². The minimum Gasteiger partial charge on any atom is -0.372 e. The fourth-order valence-corrected chi connectivity index (χ4v) is 4.06. The Labute approximate surface area is 133 Å². The Morgan fingerprint density at radius 1 is 1.18 bits per heavy atom. The Morgan fingerprint density at radius 2 is 1.86 bits per heavy atom. The minimum atomic E-state index is 0.160. The molecule has 1 saturated carbocycles. The summed E-state index contributed by atoms with van der Waals surface area (Å²) in [4.78, 5) is 17.0. The molecular formula is C18H27N3O. The van der Waals surface area contributed by atoms with Crippen molar-refractivity contribution in [3.63, 3.8) is 0 Å². The van der Waals surface area contributed by atoms with Crippen LogP contribution in [0.15, 0.2) is 24.3 Å². The molecule has 3 atom stereocenters. The quantitative estimate of drug-likeness (QED) is 0.928. The number of anilines is 1. The summed E-state index contributed by atoms with van der Waals surface area (Å²) >= 11 is 0. The maximum Gasteiger partial charge on any atom is 0.253 e. The first-order valence-electron chi connectivity index (χ1n) is 8.53. The van der Waals surface area contributed by atoms with Crippen LogP contribution in [-0.2, 0) is 0 Å². The smallest absolute Gasteiger partial charge is 0.253 e. The molecular weight excluding hydrogens is 274 g/mol. The maximum absolute atomic E-state index is 12.7. The summed E-state index contributed by atoms with van der Waals surface area (Å²) in [5.74, 6) is 1.29. The van der Waals surface area contributed by atoms with Crippen LogP contribution in [0.5, 0.6) is 0 Å². The number of benzene rings is 1. The zero-order valence-corrected chi connectivity index (χ0v) is 13.7. The molecule has 2 aliphatic rings. The third-order valence-corrected chi connectivity index (χ3v) is 5.44. The summed E-state index contributed by atoms with van der Waals surface area (Å²) in [6.07, 6.45) is 2.30. The maximum atomic E-state index is 12.7. The molecule has 1 aromatic carbocycles. The van der Waals surface area contributed by atoms with E-state index in [9.17, 15) is 4.79 Å². The van der Waals surface area contributed by atoms with Crippen molar-refractivity contribution in [2.45, 2.75) is 32.7 Å². The van der Waals surface area contributed by atoms with E-state index in [1.807, 2.05) is 17.0 Å². The van der Waals surface area contributed by atoms with Crippen molar-refractivity contribution < 1.29 is 4.79 Å². The summed E-state index contributed by atoms with van der Waals surface area (Å²) in [5.41, 5.74) is 8.14. The van der Waals surface area contributed by atoms with Crippen LogP contribution in [0.3, 0.4) is 0 Å². The molecule has 4 heteroatoms. The highest BCUT2D eigenvalue weighted by Gasteiger charge is 2.42. The SMILES string of the molecule is CCN(CC)c1ccc(C(=O)N2CC3CCC(N)C3C2)cc1. The van der Waals surface area contributed by atoms with Crippen molar-refractivity contribution in [2.24, 2.45) is 17.6 Å². The van der Waals surface area contributed by atoms with E-state index in [2.05, 4.69) is 30.9 Å². The second-order valence-electron chi connectivity index (χ2n) is 6.59. The number of likely N-dealkylation sites (tertiary alicyclic amines) is 1. The highest BCUT2D eigenvalue weighted by molar-refractivity contribution is 5.94. The van der Waals surface area contributed by atoms with Gasteiger partial charge in [0.1, 0.15) is 0 Å². The average Bonchev–Trinajstić information content (AvgIpc) is 3.11. The van der Waals surface area contributed by atoms with Crippen LogP contribution in [0.1, 0.15) is 37.0 Å². The van der Waals surface area contributed by atoms with Crippen molar-refractivity contribution in [3.8, 4) is 0 Å². The lowest BCUT2D eigenvalue weighted by Crippen LogP contribution is -2.33. The highest BCUT2D eigenvalue weighted by Crippen LogP contribution is 2.37. The molecule has 4 nitrogen and oxygen atoms in total. The zero-order chi connectivity index (χ0) is 15.7. The van der Waals surface area contributed by atoms with Gasteiger partial charge in [-0.25, -0.2) is 0 Å². The summed E-state index contributed by atoms with van der Waals surface area (Å²) in [6.45, 7) is 7.98. The summed E-state index contributed by atoms with van der Waals surface area (Å²) < 4.78 is 0. The Balaban J connectivity index is 1.68. The number of hydrogen-bond donors (Lipinski definition) is 1. The fourth-order valence-electron chi connectivity index (χ4n) is 4.06. The molecule has 1 heterocycles. The normalized spacial score (nSPS) is 27.0. The summed E-state index contributed by atoms with van der Waals surface area (Å²) in [6, 6.07) is 8.33. The Morgan fingerprint density at radius 3 is 2.45 bits per heavy atom. The number of hydrogen-bond acceptors (Lipinski definition) is 3. The van der Waals surface area contributed by atoms with E-state index < -0.39 is 0 Å². The molecule has 1 saturated heterocycles. The number of carbonyl (C=O) groups is 1. The molecule has 0 radical (unpaired) electrons. The highest BCUT2D eigenvalue weighted by atomic mass is 16.2. The molecule has 1 aliphatic heterocycles. The topological polar surface area (TPSA) is 49.6 Å². The lowest BCUT2D eigenvalue weighted by molar-refractivity contribution is 0.0779. The van der Waals surface area contributed by atoms with Crippen LogP contribution in [-0.4, -0.2) is 43.0 Å². The number of rotatable bonds is 4. The fraction of sp³-hybridized carbons (Fsp3) is 0.611. The summed E-state index contributed by atoms with van der Waals surface area (Å²) in [5, 5.41) is 0. The van der Waals surface area contributed by atoms with Crippen LogP contribution < -0.4 is 10.6 Å². The van der Waals surface area contributed by atoms with E-state index >= 15 is 0 Å². The van der Waals surface area contributed by atoms with Gasteiger partial charge < -0.3 is 15.5 Å². The standard InChI is InChI=1S/C18H27N3O/c1-3-20(4-2)15-8-5-13(6-9-15)18(22)21-11-14-7-10-17(19)16(14)12-21/h5-6,8-9,14,16-17H,3-4,7,10-12,19H2,1-2H3. The molecule has 1 aliphatic carbocycles. The van der Waals surface area contributed by atoms with E-state index in [4.69, 9.17) is 5.73 Å². The van der Waals surface area contributed by atoms with Crippen molar-refractivity contribution in [2.75, 3.05) is 31.1 Å². The third kappa shape index (κ3) is 2.72. The first-order valence-corrected chi connectivity index (χ1v) is 8.53. The predicted octanol–water partition coefficient (Wildman–Crippen LogP) is 2.34. The molecule has 0 bridgehead atoms. The molecule has 0 aromatic heterocycles. The van der Waals surface area contributed by atoms with Gasteiger partial charge in [0.2, 0.25) is 0 Å². The number of amides is 1. The largest absolute Gasteiger partial charge is 0.372 e. The number of nitrogens with zero attached hydrogens (tertiary/aromatic N) is 2. The number of nitrogens with two attached hydrogens (primary N) is 1. The first-order chi connectivity index (χ1) is 10.6. The van der Waals surface area contributed by atoms with Crippen molar-refractivity contribution in [1.29, 1.82) is 0 Å². The van der Waals surface area contributed by atoms with Gasteiger partial charge in [0, 0.05) is 43.5 Å². The van der Waals surface area contributed by atoms with Gasteiger partial charge in [-0.1, -0.05) is 0 Å². The molecule has 1 amide bonds. The van der Waals surface area contributed by atoms with Crippen molar-refractivity contribution in [1.82, 2.24) is 4.90 Å². The van der Waals surface area contributed by atoms with Crippen LogP contribution in [0, 0.1) is 11.8 Å². The molecule has 2 fully saturated rings. The lowest BCUT2D eigenvalue weighted by atomic mass is 9.98. The van der Waals surface area contributed by atoms with Gasteiger partial charge in [-0.05, 0) is 62.8 Å². The second-order valence-corrected chi connectivity index (χ2v) is 6.59. The van der Waals surface area contributed by atoms with Crippen molar-refractivity contribution in [3.05, 3.63) is 29.8 Å². The second kappa shape index (κ2) is 6.29. The van der Waals surface area contributed by atoms with Gasteiger partial charge >= 0.3 is 0 Å². The Kier molecular flexibility index (Phi) is 4.39. The minimum absolute atomic E-state index is 0.160. The van der Waals surface area contributed by atoms with Gasteiger partial charge in [0.25, 0.3) is 5.91 Å². The predicted molar refractivity (Wildman–Crippen MR) is 90.1 cm³/mol. The average molecular weight is 301 g/mol. The lowest BCUT2D eigenvalue weighted by Gasteiger charge is -2.22. The monoisotopic (exact) mass is 301 g/mol. The molecule has 120 valence electrons. The zero-order valence-electron chi connectivity index (χ0n) is 13.7. The van der Waals surface area contributed by atoms with E-state index in [0.29, 0.717) is 11.8 Å². The van der Waals surface area contributed by atoms with E-state index in [0.717, 1.165) is 38.2 Å². The van der Waals surface area contributed by atoms with Gasteiger partial charge in [0.05, 0.1) is 0 Å². The summed E-state index contributed by atoms with van der Waals surface area (Å²) in [7, 11) is 0. The van der Waals surface area contributed by atoms with Crippen molar-refractivity contribution >= 4 is 11.6 Å². The van der Waals surface area contributed by atoms with E-state index in [1.54, 1.807) is 0 Å². The Hall–Kier alpha value is -1.55. The molecule has 1 aromatic rings. The van der Waals surface area contributed by atoms with E-state index in [-0.39, 0.29) is 11.9 Å². The van der Waals surface area contributed by atoms with Gasteiger partial charge in [0.15, 0.2) is 0 Å². The molecule has 3 rings (SSSR count). The molecule has 3 unspecified atom stereocenters. The van der Waals surface area contributed by atoms with Crippen LogP contribution in [0.2, 0.25) is 0 Å².